The summed E-state index contributed by atoms with van der Waals surface area (Å²) in [6.07, 6.45) is 2.84. The van der Waals surface area contributed by atoms with Crippen LogP contribution in [0.5, 0.6) is 0 Å². The van der Waals surface area contributed by atoms with Crippen LogP contribution in [-0.4, -0.2) is 8.80 Å². The molecular weight excluding hydrogens is 454 g/mol. The molecule has 0 fully saturated rings. The summed E-state index contributed by atoms with van der Waals surface area (Å²) in [5.74, 6) is 0. The van der Waals surface area contributed by atoms with Crippen LogP contribution in [0.25, 0.3) is 0 Å². The normalized spacial score (nSPS) is 12.6. The van der Waals surface area contributed by atoms with E-state index in [2.05, 4.69) is 13.5 Å². The Morgan fingerprint density at radius 2 is 1.15 bits per heavy atom. The molecule has 0 heterocycles. The first kappa shape index (κ1) is 27.0. The minimum Gasteiger partial charge on any atom is -0.166 e. The number of benzene rings is 2. The first-order chi connectivity index (χ1) is 15.5. The zero-order valence-electron chi connectivity index (χ0n) is 18.7. The second-order valence-corrected chi connectivity index (χ2v) is 10.6. The lowest BCUT2D eigenvalue weighted by atomic mass is 10.1. The molecule has 0 aliphatic carbocycles. The van der Waals surface area contributed by atoms with E-state index in [1.807, 2.05) is 12.2 Å². The third-order valence-corrected chi connectivity index (χ3v) is 8.00. The maximum atomic E-state index is 13.0. The Balaban J connectivity index is 2.20. The molecule has 2 rings (SSSR count). The number of hydrogen-bond donors (Lipinski definition) is 0. The molecule has 179 valence electrons. The van der Waals surface area contributed by atoms with Crippen molar-refractivity contribution in [3.8, 4) is 0 Å². The quantitative estimate of drug-likeness (QED) is 0.133. The Kier molecular flexibility index (Phi) is 10.0. The van der Waals surface area contributed by atoms with Crippen molar-refractivity contribution in [1.29, 1.82) is 0 Å². The van der Waals surface area contributed by atoms with Crippen molar-refractivity contribution in [2.24, 2.45) is 0 Å². The van der Waals surface area contributed by atoms with Crippen LogP contribution in [0, 0.1) is 0 Å². The maximum Gasteiger partial charge on any atom is 0.416 e. The summed E-state index contributed by atoms with van der Waals surface area (Å²) in [6.45, 7) is 6.29. The topological polar surface area (TPSA) is 0 Å². The highest BCUT2D eigenvalue weighted by Crippen LogP contribution is 2.29. The zero-order chi connectivity index (χ0) is 24.5. The van der Waals surface area contributed by atoms with Gasteiger partial charge < -0.3 is 0 Å². The van der Waals surface area contributed by atoms with E-state index in [0.29, 0.717) is 15.6 Å². The molecule has 33 heavy (non-hydrogen) atoms. The van der Waals surface area contributed by atoms with E-state index >= 15 is 0 Å². The van der Waals surface area contributed by atoms with Crippen LogP contribution < -0.4 is 10.4 Å². The SMILES string of the molecule is C=C(C=CCCCCCCCC)[Si](c1ccc(C(F)(F)F)cc1)c1ccc(C(F)(F)F)cc1. The van der Waals surface area contributed by atoms with Crippen molar-refractivity contribution in [1.82, 2.24) is 0 Å². The van der Waals surface area contributed by atoms with Crippen molar-refractivity contribution in [2.75, 3.05) is 0 Å². The van der Waals surface area contributed by atoms with Crippen LogP contribution in [-0.2, 0) is 12.4 Å². The van der Waals surface area contributed by atoms with Gasteiger partial charge in [-0.1, -0.05) is 122 Å². The molecule has 0 saturated carbocycles. The molecule has 0 aliphatic rings. The van der Waals surface area contributed by atoms with Crippen molar-refractivity contribution in [3.05, 3.63) is 83.6 Å². The minimum absolute atomic E-state index is 0.641. The predicted molar refractivity (Wildman–Crippen MR) is 124 cm³/mol. The zero-order valence-corrected chi connectivity index (χ0v) is 19.7. The third-order valence-electron chi connectivity index (χ3n) is 5.37. The van der Waals surface area contributed by atoms with Crippen LogP contribution in [0.4, 0.5) is 26.3 Å². The van der Waals surface area contributed by atoms with E-state index in [0.717, 1.165) is 43.5 Å². The molecule has 7 heteroatoms. The molecule has 0 saturated heterocycles. The lowest BCUT2D eigenvalue weighted by Crippen LogP contribution is -2.43. The van der Waals surface area contributed by atoms with Crippen molar-refractivity contribution < 1.29 is 26.3 Å². The number of unbranched alkanes of at least 4 members (excludes halogenated alkanes) is 6. The van der Waals surface area contributed by atoms with Gasteiger partial charge in [0.05, 0.1) is 11.1 Å². The number of hydrogen-bond acceptors (Lipinski definition) is 0. The van der Waals surface area contributed by atoms with Crippen LogP contribution >= 0.6 is 0 Å². The molecule has 0 aromatic heterocycles. The van der Waals surface area contributed by atoms with Gasteiger partial charge in [0.25, 0.3) is 0 Å². The number of alkyl halides is 6. The summed E-state index contributed by atoms with van der Waals surface area (Å²) in [5.41, 5.74) is -1.52. The average Bonchev–Trinajstić information content (AvgIpc) is 2.75. The Morgan fingerprint density at radius 1 is 0.727 bits per heavy atom. The first-order valence-electron chi connectivity index (χ1n) is 11.1. The number of halogens is 6. The van der Waals surface area contributed by atoms with Crippen LogP contribution in [0.3, 0.4) is 0 Å². The summed E-state index contributed by atoms with van der Waals surface area (Å²) in [6, 6.07) is 9.66. The fourth-order valence-corrected chi connectivity index (χ4v) is 5.90. The Labute approximate surface area is 193 Å². The van der Waals surface area contributed by atoms with E-state index in [1.54, 1.807) is 0 Å². The highest BCUT2D eigenvalue weighted by Gasteiger charge is 2.32. The Hall–Kier alpha value is -2.28. The predicted octanol–water partition coefficient (Wildman–Crippen LogP) is 7.74. The second-order valence-electron chi connectivity index (χ2n) is 8.01. The van der Waals surface area contributed by atoms with Gasteiger partial charge in [-0.15, -0.1) is 0 Å². The molecule has 0 N–H and O–H groups in total. The standard InChI is InChI=1S/C26H29F6Si/c1-3-4-5-6-7-8-9-10-11-20(2)33(23-16-12-21(13-17-23)25(27,28)29)24-18-14-22(15-19-24)26(30,31)32/h10-19H,2-9H2,1H3. The molecule has 2 aromatic carbocycles. The molecule has 0 spiro atoms. The largest absolute Gasteiger partial charge is 0.416 e. The molecule has 2 aromatic rings. The Morgan fingerprint density at radius 3 is 1.58 bits per heavy atom. The van der Waals surface area contributed by atoms with E-state index in [9.17, 15) is 26.3 Å². The molecule has 1 radical (unpaired) electrons. The fraction of sp³-hybridized carbons (Fsp3) is 0.385. The van der Waals surface area contributed by atoms with Crippen molar-refractivity contribution in [3.63, 3.8) is 0 Å². The molecular formula is C26H29F6Si. The lowest BCUT2D eigenvalue weighted by Gasteiger charge is -2.18. The van der Waals surface area contributed by atoms with Gasteiger partial charge in [-0.25, -0.2) is 0 Å². The van der Waals surface area contributed by atoms with Crippen molar-refractivity contribution in [2.45, 2.75) is 64.2 Å². The molecule has 0 nitrogen and oxygen atoms in total. The lowest BCUT2D eigenvalue weighted by molar-refractivity contribution is -0.138. The van der Waals surface area contributed by atoms with Crippen LogP contribution in [0.2, 0.25) is 0 Å². The van der Waals surface area contributed by atoms with Gasteiger partial charge in [0.1, 0.15) is 0 Å². The highest BCUT2D eigenvalue weighted by molar-refractivity contribution is 6.91. The van der Waals surface area contributed by atoms with E-state index in [-0.39, 0.29) is 0 Å². The van der Waals surface area contributed by atoms with Gasteiger partial charge in [0, 0.05) is 0 Å². The third kappa shape index (κ3) is 8.54. The van der Waals surface area contributed by atoms with E-state index in [1.165, 1.54) is 49.9 Å². The van der Waals surface area contributed by atoms with Gasteiger partial charge >= 0.3 is 12.4 Å². The first-order valence-corrected chi connectivity index (χ1v) is 12.6. The van der Waals surface area contributed by atoms with E-state index < -0.39 is 32.3 Å². The minimum atomic E-state index is -4.45. The highest BCUT2D eigenvalue weighted by atomic mass is 28.3. The van der Waals surface area contributed by atoms with Gasteiger partial charge in [0.15, 0.2) is 8.80 Å². The Bertz CT molecular complexity index is 835. The summed E-state index contributed by atoms with van der Waals surface area (Å²) in [4.78, 5) is 0. The van der Waals surface area contributed by atoms with Crippen LogP contribution in [0.15, 0.2) is 72.5 Å². The summed E-state index contributed by atoms with van der Waals surface area (Å²) in [7, 11) is -1.82. The molecule has 0 aliphatic heterocycles. The van der Waals surface area contributed by atoms with Gasteiger partial charge in [-0.2, -0.15) is 26.3 Å². The summed E-state index contributed by atoms with van der Waals surface area (Å²) < 4.78 is 77.8. The maximum absolute atomic E-state index is 13.0. The van der Waals surface area contributed by atoms with E-state index in [4.69, 9.17) is 0 Å². The monoisotopic (exact) mass is 483 g/mol. The molecule has 0 unspecified atom stereocenters. The van der Waals surface area contributed by atoms with Gasteiger partial charge in [-0.3, -0.25) is 0 Å². The second kappa shape index (κ2) is 12.3. The summed E-state index contributed by atoms with van der Waals surface area (Å²) in [5, 5.41) is 1.99. The molecule has 0 amide bonds. The smallest absolute Gasteiger partial charge is 0.166 e. The van der Waals surface area contributed by atoms with Crippen molar-refractivity contribution >= 4 is 19.2 Å². The number of allylic oxidation sites excluding steroid dienone is 3. The average molecular weight is 484 g/mol. The summed E-state index contributed by atoms with van der Waals surface area (Å²) >= 11 is 0. The van der Waals surface area contributed by atoms with Gasteiger partial charge in [0.2, 0.25) is 0 Å². The molecule has 0 bridgehead atoms. The molecule has 0 atom stereocenters. The van der Waals surface area contributed by atoms with Crippen LogP contribution in [0.1, 0.15) is 63.0 Å². The number of rotatable bonds is 11. The van der Waals surface area contributed by atoms with Gasteiger partial charge in [-0.05, 0) is 12.8 Å². The fourth-order valence-electron chi connectivity index (χ4n) is 3.54.